The molecule has 0 atom stereocenters. The zero-order chi connectivity index (χ0) is 18.2. The first-order valence-electron chi connectivity index (χ1n) is 9.60. The third-order valence-corrected chi connectivity index (χ3v) is 5.12. The predicted octanol–water partition coefficient (Wildman–Crippen LogP) is 2.41. The Kier molecular flexibility index (Phi) is 6.75. The summed E-state index contributed by atoms with van der Waals surface area (Å²) in [6.07, 6.45) is 2.51. The van der Waals surface area contributed by atoms with E-state index in [9.17, 15) is 0 Å². The van der Waals surface area contributed by atoms with E-state index in [1.54, 1.807) is 0 Å². The van der Waals surface area contributed by atoms with Gasteiger partial charge in [0.15, 0.2) is 0 Å². The number of nitrogens with two attached hydrogens (primary N) is 2. The van der Waals surface area contributed by atoms with E-state index in [0.29, 0.717) is 0 Å². The van der Waals surface area contributed by atoms with Crippen molar-refractivity contribution in [2.75, 3.05) is 55.6 Å². The van der Waals surface area contributed by atoms with Crippen LogP contribution in [0.15, 0.2) is 48.5 Å². The van der Waals surface area contributed by atoms with Crippen molar-refractivity contribution in [1.29, 1.82) is 0 Å². The van der Waals surface area contributed by atoms with E-state index < -0.39 is 0 Å². The van der Waals surface area contributed by atoms with Crippen LogP contribution in [-0.4, -0.2) is 39.3 Å². The van der Waals surface area contributed by atoms with Gasteiger partial charge in [0.1, 0.15) is 0 Å². The molecule has 0 unspecified atom stereocenters. The lowest BCUT2D eigenvalue weighted by Gasteiger charge is -2.29. The molecule has 5 nitrogen and oxygen atoms in total. The van der Waals surface area contributed by atoms with E-state index in [-0.39, 0.29) is 0 Å². The Balaban J connectivity index is 0.000000151. The van der Waals surface area contributed by atoms with Gasteiger partial charge in [0.25, 0.3) is 0 Å². The second kappa shape index (κ2) is 9.46. The third kappa shape index (κ3) is 5.38. The van der Waals surface area contributed by atoms with E-state index in [1.165, 1.54) is 24.1 Å². The molecule has 2 aliphatic heterocycles. The molecule has 2 aromatic rings. The number of benzene rings is 2. The lowest BCUT2D eigenvalue weighted by molar-refractivity contribution is 0.460. The summed E-state index contributed by atoms with van der Waals surface area (Å²) in [4.78, 5) is 2.37. The summed E-state index contributed by atoms with van der Waals surface area (Å²) >= 11 is 0. The molecule has 2 fully saturated rings. The van der Waals surface area contributed by atoms with Crippen LogP contribution in [0, 0.1) is 0 Å². The number of rotatable bonds is 2. The van der Waals surface area contributed by atoms with Crippen LogP contribution in [0.25, 0.3) is 0 Å². The standard InChI is InChI=1S/C11H16N2.C10H15N3/c12-11-3-1-9(2-4-11)10-5-7-13-8-6-10;11-9-1-3-10(4-2-9)13-7-5-12-6-8-13/h1-4,10,13H,5-8,12H2;1-4,12H,5-8,11H2. The maximum absolute atomic E-state index is 5.64. The molecular formula is C21H31N5. The molecule has 0 saturated carbocycles. The number of nitrogen functional groups attached to an aromatic ring is 2. The maximum atomic E-state index is 5.64. The number of anilines is 3. The Morgan fingerprint density at radius 2 is 1.19 bits per heavy atom. The quantitative estimate of drug-likeness (QED) is 0.624. The van der Waals surface area contributed by atoms with Gasteiger partial charge in [0.2, 0.25) is 0 Å². The monoisotopic (exact) mass is 353 g/mol. The molecule has 140 valence electrons. The summed E-state index contributed by atoms with van der Waals surface area (Å²) in [5, 5.41) is 6.70. The molecule has 26 heavy (non-hydrogen) atoms. The Morgan fingerprint density at radius 3 is 1.77 bits per heavy atom. The highest BCUT2D eigenvalue weighted by molar-refractivity contribution is 5.53. The first kappa shape index (κ1) is 18.5. The summed E-state index contributed by atoms with van der Waals surface area (Å²) in [5.74, 6) is 0.738. The van der Waals surface area contributed by atoms with Crippen LogP contribution in [0.2, 0.25) is 0 Å². The zero-order valence-electron chi connectivity index (χ0n) is 15.5. The number of hydrogen-bond donors (Lipinski definition) is 4. The van der Waals surface area contributed by atoms with Gasteiger partial charge in [0.05, 0.1) is 0 Å². The van der Waals surface area contributed by atoms with Crippen LogP contribution >= 0.6 is 0 Å². The van der Waals surface area contributed by atoms with Crippen LogP contribution in [-0.2, 0) is 0 Å². The molecule has 4 rings (SSSR count). The van der Waals surface area contributed by atoms with Crippen LogP contribution in [0.5, 0.6) is 0 Å². The number of nitrogens with zero attached hydrogens (tertiary/aromatic N) is 1. The molecule has 6 N–H and O–H groups in total. The molecule has 0 aliphatic carbocycles. The van der Waals surface area contributed by atoms with E-state index in [2.05, 4.69) is 39.8 Å². The van der Waals surface area contributed by atoms with Gasteiger partial charge in [-0.1, -0.05) is 12.1 Å². The highest BCUT2D eigenvalue weighted by Crippen LogP contribution is 2.25. The van der Waals surface area contributed by atoms with E-state index >= 15 is 0 Å². The maximum Gasteiger partial charge on any atom is 0.0368 e. The van der Waals surface area contributed by atoms with Crippen molar-refractivity contribution < 1.29 is 0 Å². The first-order chi connectivity index (χ1) is 12.7. The lowest BCUT2D eigenvalue weighted by atomic mass is 9.90. The average Bonchev–Trinajstić information content (AvgIpc) is 2.71. The van der Waals surface area contributed by atoms with Crippen LogP contribution in [0.4, 0.5) is 17.1 Å². The van der Waals surface area contributed by atoms with Crippen molar-refractivity contribution in [2.24, 2.45) is 0 Å². The Hall–Kier alpha value is -2.24. The van der Waals surface area contributed by atoms with E-state index in [1.807, 2.05) is 24.3 Å². The van der Waals surface area contributed by atoms with Crippen LogP contribution < -0.4 is 27.0 Å². The van der Waals surface area contributed by atoms with Gasteiger partial charge in [-0.3, -0.25) is 0 Å². The molecule has 2 heterocycles. The molecule has 2 aromatic carbocycles. The molecule has 0 bridgehead atoms. The molecule has 5 heteroatoms. The van der Waals surface area contributed by atoms with Gasteiger partial charge in [0, 0.05) is 43.2 Å². The number of piperazine rings is 1. The van der Waals surface area contributed by atoms with E-state index in [0.717, 1.165) is 56.6 Å². The van der Waals surface area contributed by atoms with Gasteiger partial charge < -0.3 is 27.0 Å². The number of hydrogen-bond acceptors (Lipinski definition) is 5. The molecule has 2 aliphatic rings. The molecule has 0 spiro atoms. The average molecular weight is 354 g/mol. The molecule has 0 radical (unpaired) electrons. The molecule has 0 amide bonds. The first-order valence-corrected chi connectivity index (χ1v) is 9.60. The fourth-order valence-electron chi connectivity index (χ4n) is 3.53. The topological polar surface area (TPSA) is 79.3 Å². The molecule has 0 aromatic heterocycles. The zero-order valence-corrected chi connectivity index (χ0v) is 15.5. The van der Waals surface area contributed by atoms with Crippen molar-refractivity contribution in [3.63, 3.8) is 0 Å². The van der Waals surface area contributed by atoms with Crippen LogP contribution in [0.3, 0.4) is 0 Å². The van der Waals surface area contributed by atoms with Crippen molar-refractivity contribution in [2.45, 2.75) is 18.8 Å². The SMILES string of the molecule is Nc1ccc(C2CCNCC2)cc1.Nc1ccc(N2CCNCC2)cc1. The van der Waals surface area contributed by atoms with Crippen molar-refractivity contribution in [3.8, 4) is 0 Å². The second-order valence-corrected chi connectivity index (χ2v) is 7.02. The van der Waals surface area contributed by atoms with Crippen LogP contribution in [0.1, 0.15) is 24.3 Å². The summed E-state index contributed by atoms with van der Waals surface area (Å²) in [7, 11) is 0. The minimum atomic E-state index is 0.738. The Bertz CT molecular complexity index is 582. The molecule has 2 saturated heterocycles. The van der Waals surface area contributed by atoms with Gasteiger partial charge in [-0.25, -0.2) is 0 Å². The van der Waals surface area contributed by atoms with Gasteiger partial charge in [-0.2, -0.15) is 0 Å². The smallest absolute Gasteiger partial charge is 0.0368 e. The summed E-state index contributed by atoms with van der Waals surface area (Å²) in [6, 6.07) is 16.4. The highest BCUT2D eigenvalue weighted by Gasteiger charge is 2.14. The highest BCUT2D eigenvalue weighted by atomic mass is 15.2. The second-order valence-electron chi connectivity index (χ2n) is 7.02. The normalized spacial score (nSPS) is 18.1. The van der Waals surface area contributed by atoms with Gasteiger partial charge >= 0.3 is 0 Å². The fourth-order valence-corrected chi connectivity index (χ4v) is 3.53. The van der Waals surface area contributed by atoms with Gasteiger partial charge in [-0.15, -0.1) is 0 Å². The largest absolute Gasteiger partial charge is 0.399 e. The van der Waals surface area contributed by atoms with Gasteiger partial charge in [-0.05, 0) is 73.8 Å². The number of nitrogens with one attached hydrogen (secondary N) is 2. The summed E-state index contributed by atoms with van der Waals surface area (Å²) < 4.78 is 0. The minimum absolute atomic E-state index is 0.738. The Labute approximate surface area is 156 Å². The summed E-state index contributed by atoms with van der Waals surface area (Å²) in [6.45, 7) is 6.62. The summed E-state index contributed by atoms with van der Waals surface area (Å²) in [5.41, 5.74) is 15.7. The fraction of sp³-hybridized carbons (Fsp3) is 0.429. The predicted molar refractivity (Wildman–Crippen MR) is 112 cm³/mol. The number of piperidine rings is 1. The van der Waals surface area contributed by atoms with Crippen molar-refractivity contribution >= 4 is 17.1 Å². The molecular weight excluding hydrogens is 322 g/mol. The van der Waals surface area contributed by atoms with Crippen molar-refractivity contribution in [1.82, 2.24) is 10.6 Å². The van der Waals surface area contributed by atoms with E-state index in [4.69, 9.17) is 11.5 Å². The third-order valence-electron chi connectivity index (χ3n) is 5.12. The Morgan fingerprint density at radius 1 is 0.692 bits per heavy atom. The minimum Gasteiger partial charge on any atom is -0.399 e. The van der Waals surface area contributed by atoms with Crippen molar-refractivity contribution in [3.05, 3.63) is 54.1 Å². The lowest BCUT2D eigenvalue weighted by Crippen LogP contribution is -2.43.